The van der Waals surface area contributed by atoms with E-state index in [0.717, 1.165) is 29.5 Å². The van der Waals surface area contributed by atoms with Crippen molar-refractivity contribution in [3.63, 3.8) is 0 Å². The van der Waals surface area contributed by atoms with Gasteiger partial charge in [-0.2, -0.15) is 0 Å². The first-order valence-electron chi connectivity index (χ1n) is 16.2. The number of hydrogen-bond acceptors (Lipinski definition) is 4. The molecular formula is C39H35Cl2FN2O3. The Morgan fingerprint density at radius 2 is 1.43 bits per heavy atom. The summed E-state index contributed by atoms with van der Waals surface area (Å²) >= 11 is 13.1. The van der Waals surface area contributed by atoms with Gasteiger partial charge in [0, 0.05) is 27.2 Å². The maximum atomic E-state index is 15.4. The Bertz CT molecular complexity index is 1870. The molecule has 4 aromatic rings. The first-order chi connectivity index (χ1) is 22.6. The van der Waals surface area contributed by atoms with Crippen LogP contribution in [0.5, 0.6) is 0 Å². The van der Waals surface area contributed by atoms with Gasteiger partial charge in [0.15, 0.2) is 0 Å². The molecule has 240 valence electrons. The second-order valence-electron chi connectivity index (χ2n) is 14.3. The Morgan fingerprint density at radius 1 is 0.766 bits per heavy atom. The predicted molar refractivity (Wildman–Crippen MR) is 181 cm³/mol. The lowest BCUT2D eigenvalue weighted by Crippen LogP contribution is -2.64. The predicted octanol–water partition coefficient (Wildman–Crippen LogP) is 9.17. The van der Waals surface area contributed by atoms with Gasteiger partial charge in [-0.25, -0.2) is 4.39 Å². The van der Waals surface area contributed by atoms with E-state index in [0.29, 0.717) is 29.1 Å². The summed E-state index contributed by atoms with van der Waals surface area (Å²) in [5, 5.41) is 3.88. The Kier molecular flexibility index (Phi) is 7.11. The Balaban J connectivity index is 1.48. The topological polar surface area (TPSA) is 58.6 Å². The number of fused-ring (bicyclic) bond motifs is 5. The highest BCUT2D eigenvalue weighted by Gasteiger charge is 2.78. The van der Waals surface area contributed by atoms with E-state index in [2.05, 4.69) is 36.2 Å². The van der Waals surface area contributed by atoms with Gasteiger partial charge in [0.1, 0.15) is 23.4 Å². The highest BCUT2D eigenvalue weighted by atomic mass is 35.5. The highest BCUT2D eigenvalue weighted by molar-refractivity contribution is 6.31. The summed E-state index contributed by atoms with van der Waals surface area (Å²) in [7, 11) is 0. The van der Waals surface area contributed by atoms with Gasteiger partial charge in [-0.15, -0.1) is 0 Å². The van der Waals surface area contributed by atoms with Crippen molar-refractivity contribution in [2.75, 3.05) is 5.32 Å². The molecule has 3 heterocycles. The standard InChI is InChI=1S/C39H35Cl2FN2O3/c1-37(2)15-17-38(18-16-37)39(29-14-13-26(40)22-30(29)43-36(39)46)31(25-19-27(41)21-28(42)20-25)33-35(45)47-34(24-11-7-4-8-12-24)32(44(33)38)23-9-5-3-6-10-23/h3-14,19-22,31-34H,15-18H2,1-2H3,(H,43,46)/t31-,32+,33+,34-,39-/m0/s1. The van der Waals surface area contributed by atoms with Crippen LogP contribution in [0.3, 0.4) is 0 Å². The average molecular weight is 670 g/mol. The zero-order valence-electron chi connectivity index (χ0n) is 26.2. The van der Waals surface area contributed by atoms with E-state index in [1.54, 1.807) is 18.2 Å². The molecule has 1 amide bonds. The van der Waals surface area contributed by atoms with Gasteiger partial charge >= 0.3 is 5.97 Å². The van der Waals surface area contributed by atoms with E-state index in [4.69, 9.17) is 27.9 Å². The maximum Gasteiger partial charge on any atom is 0.324 e. The number of halogens is 3. The number of rotatable bonds is 3. The monoisotopic (exact) mass is 668 g/mol. The van der Waals surface area contributed by atoms with Gasteiger partial charge < -0.3 is 10.1 Å². The van der Waals surface area contributed by atoms with E-state index in [-0.39, 0.29) is 16.3 Å². The van der Waals surface area contributed by atoms with E-state index < -0.39 is 46.8 Å². The minimum atomic E-state index is -1.29. The summed E-state index contributed by atoms with van der Waals surface area (Å²) in [4.78, 5) is 32.3. The number of ether oxygens (including phenoxy) is 1. The number of benzene rings is 4. The molecule has 1 N–H and O–H groups in total. The van der Waals surface area contributed by atoms with Crippen LogP contribution >= 0.6 is 23.2 Å². The third-order valence-electron chi connectivity index (χ3n) is 11.3. The number of anilines is 1. The molecule has 3 aliphatic heterocycles. The Hall–Kier alpha value is -3.71. The minimum Gasteiger partial charge on any atom is -0.454 e. The van der Waals surface area contributed by atoms with Crippen LogP contribution in [0, 0.1) is 11.2 Å². The van der Waals surface area contributed by atoms with Gasteiger partial charge in [0.2, 0.25) is 5.91 Å². The first-order valence-corrected chi connectivity index (χ1v) is 17.0. The normalized spacial score (nSPS) is 29.0. The van der Waals surface area contributed by atoms with Crippen molar-refractivity contribution in [2.45, 2.75) is 74.6 Å². The molecular weight excluding hydrogens is 634 g/mol. The van der Waals surface area contributed by atoms with Gasteiger partial charge in [-0.3, -0.25) is 14.5 Å². The van der Waals surface area contributed by atoms with Gasteiger partial charge in [-0.1, -0.05) is 104 Å². The summed E-state index contributed by atoms with van der Waals surface area (Å²) in [5.74, 6) is -1.99. The number of esters is 1. The van der Waals surface area contributed by atoms with Crippen LogP contribution in [0.4, 0.5) is 10.1 Å². The molecule has 0 aromatic heterocycles. The fourth-order valence-corrected chi connectivity index (χ4v) is 9.79. The Labute approximate surface area is 284 Å². The second kappa shape index (κ2) is 10.9. The molecule has 1 aliphatic carbocycles. The molecule has 1 saturated carbocycles. The first kappa shape index (κ1) is 30.6. The van der Waals surface area contributed by atoms with Crippen LogP contribution in [0.25, 0.3) is 0 Å². The molecule has 47 heavy (non-hydrogen) atoms. The van der Waals surface area contributed by atoms with E-state index in [1.807, 2.05) is 54.6 Å². The SMILES string of the molecule is CC1(C)CCC2(CC1)N1[C@H](c3ccccc3)[C@H](c3ccccc3)OC(=O)[C@H]1[C@H](c1cc(F)cc(Cl)c1)[C@@]21C(=O)Nc2cc(Cl)ccc21. The molecule has 4 aliphatic rings. The molecule has 5 nitrogen and oxygen atoms in total. The van der Waals surface area contributed by atoms with Crippen LogP contribution in [0.15, 0.2) is 97.1 Å². The third-order valence-corrected chi connectivity index (χ3v) is 11.8. The zero-order valence-corrected chi connectivity index (χ0v) is 27.7. The zero-order chi connectivity index (χ0) is 32.7. The van der Waals surface area contributed by atoms with Crippen molar-refractivity contribution in [3.8, 4) is 0 Å². The number of cyclic esters (lactones) is 1. The van der Waals surface area contributed by atoms with Crippen molar-refractivity contribution in [1.82, 2.24) is 4.90 Å². The minimum absolute atomic E-state index is 0.0253. The Morgan fingerprint density at radius 3 is 2.09 bits per heavy atom. The highest BCUT2D eigenvalue weighted by Crippen LogP contribution is 2.70. The molecule has 0 radical (unpaired) electrons. The second-order valence-corrected chi connectivity index (χ2v) is 15.2. The lowest BCUT2D eigenvalue weighted by molar-refractivity contribution is -0.184. The molecule has 4 aromatic carbocycles. The fourth-order valence-electron chi connectivity index (χ4n) is 9.39. The van der Waals surface area contributed by atoms with Crippen LogP contribution in [0.1, 0.15) is 79.8 Å². The number of amides is 1. The number of morpholine rings is 1. The quantitative estimate of drug-likeness (QED) is 0.221. The molecule has 0 bridgehead atoms. The van der Waals surface area contributed by atoms with Crippen molar-refractivity contribution in [2.24, 2.45) is 5.41 Å². The van der Waals surface area contributed by atoms with Crippen molar-refractivity contribution >= 4 is 40.8 Å². The van der Waals surface area contributed by atoms with Crippen LogP contribution in [0.2, 0.25) is 10.0 Å². The van der Waals surface area contributed by atoms with Crippen LogP contribution < -0.4 is 5.32 Å². The maximum absolute atomic E-state index is 15.4. The molecule has 0 unspecified atom stereocenters. The van der Waals surface area contributed by atoms with Crippen LogP contribution in [-0.2, 0) is 19.7 Å². The van der Waals surface area contributed by atoms with E-state index in [1.165, 1.54) is 12.1 Å². The average Bonchev–Trinajstić information content (AvgIpc) is 3.48. The number of nitrogens with one attached hydrogen (secondary N) is 1. The molecule has 5 atom stereocenters. The number of nitrogens with zero attached hydrogens (tertiary/aromatic N) is 1. The molecule has 8 heteroatoms. The van der Waals surface area contributed by atoms with E-state index in [9.17, 15) is 4.79 Å². The number of hydrogen-bond donors (Lipinski definition) is 1. The fraction of sp³-hybridized carbons (Fsp3) is 0.333. The van der Waals surface area contributed by atoms with E-state index >= 15 is 9.18 Å². The van der Waals surface area contributed by atoms with Gasteiger partial charge in [0.05, 0.1) is 6.04 Å². The smallest absolute Gasteiger partial charge is 0.324 e. The van der Waals surface area contributed by atoms with Crippen LogP contribution in [-0.4, -0.2) is 28.4 Å². The summed E-state index contributed by atoms with van der Waals surface area (Å²) in [5.41, 5.74) is 1.60. The molecule has 2 spiro atoms. The number of carbonyl (C=O) groups is 2. The lowest BCUT2D eigenvalue weighted by atomic mass is 9.53. The summed E-state index contributed by atoms with van der Waals surface area (Å²) in [6, 6.07) is 28.4. The largest absolute Gasteiger partial charge is 0.454 e. The molecule has 2 saturated heterocycles. The third kappa shape index (κ3) is 4.44. The van der Waals surface area contributed by atoms with Crippen molar-refractivity contribution in [3.05, 3.63) is 135 Å². The lowest BCUT2D eigenvalue weighted by Gasteiger charge is -2.57. The molecule has 8 rings (SSSR count). The van der Waals surface area contributed by atoms with Gasteiger partial charge in [0.25, 0.3) is 0 Å². The van der Waals surface area contributed by atoms with Crippen molar-refractivity contribution in [1.29, 1.82) is 0 Å². The van der Waals surface area contributed by atoms with Gasteiger partial charge in [-0.05, 0) is 83.7 Å². The molecule has 3 fully saturated rings. The summed E-state index contributed by atoms with van der Waals surface area (Å²) in [6.45, 7) is 4.52. The number of carbonyl (C=O) groups excluding carboxylic acids is 2. The van der Waals surface area contributed by atoms with Crippen molar-refractivity contribution < 1.29 is 18.7 Å². The summed E-state index contributed by atoms with van der Waals surface area (Å²) < 4.78 is 21.9. The summed E-state index contributed by atoms with van der Waals surface area (Å²) in [6.07, 6.45) is 2.30.